The zero-order valence-electron chi connectivity index (χ0n) is 10.5. The molecule has 0 unspecified atom stereocenters. The van der Waals surface area contributed by atoms with Crippen molar-refractivity contribution >= 4 is 11.3 Å². The van der Waals surface area contributed by atoms with Crippen LogP contribution in [0.4, 0.5) is 0 Å². The zero-order valence-corrected chi connectivity index (χ0v) is 11.3. The maximum absolute atomic E-state index is 4.33. The van der Waals surface area contributed by atoms with Gasteiger partial charge in [0.1, 0.15) is 0 Å². The molecule has 2 aromatic rings. The maximum Gasteiger partial charge on any atom is 0.0387 e. The first kappa shape index (κ1) is 12.3. The molecule has 2 aromatic heterocycles. The monoisotopic (exact) mass is 246 g/mol. The van der Waals surface area contributed by atoms with E-state index in [1.54, 1.807) is 11.3 Å². The number of nitrogens with zero attached hydrogens (tertiary/aromatic N) is 1. The van der Waals surface area contributed by atoms with E-state index in [4.69, 9.17) is 0 Å². The predicted molar refractivity (Wildman–Crippen MR) is 74.3 cm³/mol. The molecular weight excluding hydrogens is 228 g/mol. The van der Waals surface area contributed by atoms with Crippen LogP contribution in [0.25, 0.3) is 10.4 Å². The molecule has 0 atom stereocenters. The zero-order chi connectivity index (χ0) is 12.3. The summed E-state index contributed by atoms with van der Waals surface area (Å²) in [5.41, 5.74) is 3.79. The van der Waals surface area contributed by atoms with Gasteiger partial charge in [-0.25, -0.2) is 0 Å². The second-order valence-electron chi connectivity index (χ2n) is 4.55. The Balaban J connectivity index is 2.20. The predicted octanol–water partition coefficient (Wildman–Crippen LogP) is 3.62. The standard InChI is InChI=1S/C14H18N2S/c1-10(2)16-8-12-6-13(9-15-7-12)14-11(3)4-5-17-14/h4-7,9-10,16H,8H2,1-3H3. The number of aromatic nitrogens is 1. The highest BCUT2D eigenvalue weighted by molar-refractivity contribution is 7.13. The Kier molecular flexibility index (Phi) is 3.92. The van der Waals surface area contributed by atoms with E-state index in [9.17, 15) is 0 Å². The Morgan fingerprint density at radius 3 is 2.82 bits per heavy atom. The molecule has 90 valence electrons. The number of rotatable bonds is 4. The van der Waals surface area contributed by atoms with Crippen LogP contribution in [0.3, 0.4) is 0 Å². The first-order valence-electron chi connectivity index (χ1n) is 5.88. The van der Waals surface area contributed by atoms with Gasteiger partial charge in [-0.3, -0.25) is 4.98 Å². The van der Waals surface area contributed by atoms with Crippen LogP contribution in [0, 0.1) is 6.92 Å². The van der Waals surface area contributed by atoms with Crippen LogP contribution in [0.5, 0.6) is 0 Å². The summed E-state index contributed by atoms with van der Waals surface area (Å²) in [6, 6.07) is 4.88. The lowest BCUT2D eigenvalue weighted by Crippen LogP contribution is -2.21. The van der Waals surface area contributed by atoms with E-state index in [2.05, 4.69) is 48.6 Å². The SMILES string of the molecule is Cc1ccsc1-c1cncc(CNC(C)C)c1. The Morgan fingerprint density at radius 1 is 1.35 bits per heavy atom. The Morgan fingerprint density at radius 2 is 2.18 bits per heavy atom. The number of aryl methyl sites for hydroxylation is 1. The van der Waals surface area contributed by atoms with Crippen LogP contribution >= 0.6 is 11.3 Å². The van der Waals surface area contributed by atoms with E-state index in [0.717, 1.165) is 6.54 Å². The minimum atomic E-state index is 0.502. The molecule has 0 saturated carbocycles. The molecule has 2 heterocycles. The van der Waals surface area contributed by atoms with Crippen molar-refractivity contribution in [3.63, 3.8) is 0 Å². The van der Waals surface area contributed by atoms with Gasteiger partial charge in [0.2, 0.25) is 0 Å². The lowest BCUT2D eigenvalue weighted by molar-refractivity contribution is 0.588. The number of hydrogen-bond acceptors (Lipinski definition) is 3. The Labute approximate surface area is 107 Å². The molecule has 0 fully saturated rings. The second kappa shape index (κ2) is 5.43. The van der Waals surface area contributed by atoms with Gasteiger partial charge in [-0.15, -0.1) is 11.3 Å². The Hall–Kier alpha value is -1.19. The fourth-order valence-corrected chi connectivity index (χ4v) is 2.61. The Bertz CT molecular complexity index is 488. The number of thiophene rings is 1. The van der Waals surface area contributed by atoms with Crippen LogP contribution in [-0.2, 0) is 6.54 Å². The van der Waals surface area contributed by atoms with Gasteiger partial charge in [-0.1, -0.05) is 13.8 Å². The average molecular weight is 246 g/mol. The fraction of sp³-hybridized carbons (Fsp3) is 0.357. The molecule has 2 rings (SSSR count). The van der Waals surface area contributed by atoms with Gasteiger partial charge in [0.15, 0.2) is 0 Å². The van der Waals surface area contributed by atoms with Gasteiger partial charge in [0.25, 0.3) is 0 Å². The van der Waals surface area contributed by atoms with Gasteiger partial charge in [0.05, 0.1) is 0 Å². The molecule has 0 aromatic carbocycles. The lowest BCUT2D eigenvalue weighted by Gasteiger charge is -2.08. The number of nitrogens with one attached hydrogen (secondary N) is 1. The van der Waals surface area contributed by atoms with Crippen molar-refractivity contribution in [2.75, 3.05) is 0 Å². The summed E-state index contributed by atoms with van der Waals surface area (Å²) < 4.78 is 0. The molecule has 0 spiro atoms. The van der Waals surface area contributed by atoms with E-state index in [1.165, 1.54) is 21.6 Å². The van der Waals surface area contributed by atoms with E-state index in [-0.39, 0.29) is 0 Å². The summed E-state index contributed by atoms with van der Waals surface area (Å²) in [6.45, 7) is 7.33. The molecule has 3 heteroatoms. The third-order valence-electron chi connectivity index (χ3n) is 2.63. The summed E-state index contributed by atoms with van der Waals surface area (Å²) in [7, 11) is 0. The highest BCUT2D eigenvalue weighted by Gasteiger charge is 2.05. The van der Waals surface area contributed by atoms with Crippen molar-refractivity contribution in [3.05, 3.63) is 41.0 Å². The quantitative estimate of drug-likeness (QED) is 0.891. The molecule has 2 nitrogen and oxygen atoms in total. The van der Waals surface area contributed by atoms with Crippen LogP contribution in [0.15, 0.2) is 29.9 Å². The topological polar surface area (TPSA) is 24.9 Å². The molecule has 0 aliphatic rings. The van der Waals surface area contributed by atoms with Crippen molar-refractivity contribution in [3.8, 4) is 10.4 Å². The largest absolute Gasteiger partial charge is 0.310 e. The van der Waals surface area contributed by atoms with E-state index < -0.39 is 0 Å². The van der Waals surface area contributed by atoms with Gasteiger partial charge in [-0.05, 0) is 35.6 Å². The van der Waals surface area contributed by atoms with Crippen LogP contribution in [0.1, 0.15) is 25.0 Å². The third kappa shape index (κ3) is 3.14. The highest BCUT2D eigenvalue weighted by atomic mass is 32.1. The van der Waals surface area contributed by atoms with Crippen molar-refractivity contribution < 1.29 is 0 Å². The van der Waals surface area contributed by atoms with Gasteiger partial charge < -0.3 is 5.32 Å². The fourth-order valence-electron chi connectivity index (χ4n) is 1.70. The van der Waals surface area contributed by atoms with Crippen LogP contribution in [0.2, 0.25) is 0 Å². The van der Waals surface area contributed by atoms with E-state index >= 15 is 0 Å². The molecule has 0 amide bonds. The molecule has 0 saturated heterocycles. The molecular formula is C14H18N2S. The summed E-state index contributed by atoms with van der Waals surface area (Å²) >= 11 is 1.78. The molecule has 0 bridgehead atoms. The average Bonchev–Trinajstić information content (AvgIpc) is 2.73. The maximum atomic E-state index is 4.33. The smallest absolute Gasteiger partial charge is 0.0387 e. The molecule has 17 heavy (non-hydrogen) atoms. The molecule has 0 aliphatic heterocycles. The van der Waals surface area contributed by atoms with Crippen molar-refractivity contribution in [2.24, 2.45) is 0 Å². The normalized spacial score (nSPS) is 11.1. The first-order chi connectivity index (χ1) is 8.16. The summed E-state index contributed by atoms with van der Waals surface area (Å²) in [6.07, 6.45) is 3.87. The highest BCUT2D eigenvalue weighted by Crippen LogP contribution is 2.28. The number of pyridine rings is 1. The van der Waals surface area contributed by atoms with Crippen molar-refractivity contribution in [1.29, 1.82) is 0 Å². The summed E-state index contributed by atoms with van der Waals surface area (Å²) in [5.74, 6) is 0. The van der Waals surface area contributed by atoms with Gasteiger partial charge in [0, 0.05) is 35.4 Å². The van der Waals surface area contributed by atoms with E-state index in [0.29, 0.717) is 6.04 Å². The van der Waals surface area contributed by atoms with E-state index in [1.807, 2.05) is 12.4 Å². The second-order valence-corrected chi connectivity index (χ2v) is 5.47. The van der Waals surface area contributed by atoms with Gasteiger partial charge >= 0.3 is 0 Å². The van der Waals surface area contributed by atoms with Gasteiger partial charge in [-0.2, -0.15) is 0 Å². The first-order valence-corrected chi connectivity index (χ1v) is 6.76. The minimum Gasteiger partial charge on any atom is -0.310 e. The minimum absolute atomic E-state index is 0.502. The van der Waals surface area contributed by atoms with Crippen molar-refractivity contribution in [2.45, 2.75) is 33.4 Å². The number of hydrogen-bond donors (Lipinski definition) is 1. The van der Waals surface area contributed by atoms with Crippen LogP contribution in [-0.4, -0.2) is 11.0 Å². The molecule has 0 aliphatic carbocycles. The summed E-state index contributed by atoms with van der Waals surface area (Å²) in [4.78, 5) is 5.65. The van der Waals surface area contributed by atoms with Crippen molar-refractivity contribution in [1.82, 2.24) is 10.3 Å². The molecule has 1 N–H and O–H groups in total. The lowest BCUT2D eigenvalue weighted by atomic mass is 10.1. The summed E-state index contributed by atoms with van der Waals surface area (Å²) in [5, 5.41) is 5.54. The third-order valence-corrected chi connectivity index (χ3v) is 3.70. The van der Waals surface area contributed by atoms with Crippen LogP contribution < -0.4 is 5.32 Å². The molecule has 0 radical (unpaired) electrons.